The van der Waals surface area contributed by atoms with E-state index in [1.807, 2.05) is 30.3 Å². The molecule has 0 spiro atoms. The normalized spacial score (nSPS) is 17.9. The van der Waals surface area contributed by atoms with Gasteiger partial charge in [-0.2, -0.15) is 0 Å². The summed E-state index contributed by atoms with van der Waals surface area (Å²) in [4.78, 5) is 31.4. The number of halogens is 1. The van der Waals surface area contributed by atoms with Gasteiger partial charge in [0, 0.05) is 38.8 Å². The van der Waals surface area contributed by atoms with Gasteiger partial charge >= 0.3 is 5.69 Å². The van der Waals surface area contributed by atoms with Gasteiger partial charge in [-0.1, -0.05) is 23.7 Å². The summed E-state index contributed by atoms with van der Waals surface area (Å²) in [5.74, 6) is 0. The number of pyridine rings is 1. The molecule has 0 saturated carbocycles. The van der Waals surface area contributed by atoms with E-state index in [4.69, 9.17) is 16.3 Å². The van der Waals surface area contributed by atoms with E-state index in [9.17, 15) is 9.59 Å². The van der Waals surface area contributed by atoms with Crippen LogP contribution in [0.25, 0.3) is 11.0 Å². The lowest BCUT2D eigenvalue weighted by Gasteiger charge is -2.32. The molecule has 7 nitrogen and oxygen atoms in total. The number of hydrogen-bond acceptors (Lipinski definition) is 5. The van der Waals surface area contributed by atoms with Crippen LogP contribution in [0.4, 0.5) is 0 Å². The summed E-state index contributed by atoms with van der Waals surface area (Å²) in [7, 11) is 3.09. The van der Waals surface area contributed by atoms with Crippen LogP contribution in [0.1, 0.15) is 17.4 Å². The summed E-state index contributed by atoms with van der Waals surface area (Å²) in [6, 6.07) is 11.4. The molecule has 8 heteroatoms. The average molecular weight is 401 g/mol. The quantitative estimate of drug-likeness (QED) is 0.671. The second-order valence-electron chi connectivity index (χ2n) is 7.03. The van der Waals surface area contributed by atoms with Crippen molar-refractivity contribution < 1.29 is 4.74 Å². The average Bonchev–Trinajstić information content (AvgIpc) is 2.72. The van der Waals surface area contributed by atoms with Gasteiger partial charge in [0.05, 0.1) is 17.7 Å². The SMILES string of the molecule is Cn1c(=O)c2ccc(C3CN(Cc4ccc(Cl)cc4)CCO3)nc2n(C)c1=O. The van der Waals surface area contributed by atoms with Crippen LogP contribution in [0.5, 0.6) is 0 Å². The molecule has 0 bridgehead atoms. The predicted octanol–water partition coefficient (Wildman–Crippen LogP) is 1.86. The van der Waals surface area contributed by atoms with Crippen LogP contribution in [0.3, 0.4) is 0 Å². The van der Waals surface area contributed by atoms with Gasteiger partial charge in [-0.15, -0.1) is 0 Å². The van der Waals surface area contributed by atoms with Gasteiger partial charge in [0.2, 0.25) is 0 Å². The van der Waals surface area contributed by atoms with Crippen LogP contribution in [0, 0.1) is 0 Å². The van der Waals surface area contributed by atoms with Crippen molar-refractivity contribution in [2.75, 3.05) is 19.7 Å². The number of aryl methyl sites for hydroxylation is 1. The van der Waals surface area contributed by atoms with Crippen molar-refractivity contribution in [2.45, 2.75) is 12.6 Å². The maximum Gasteiger partial charge on any atom is 0.332 e. The molecule has 1 unspecified atom stereocenters. The molecule has 3 aromatic rings. The zero-order valence-electron chi connectivity index (χ0n) is 15.8. The van der Waals surface area contributed by atoms with Gasteiger partial charge in [-0.05, 0) is 29.8 Å². The molecule has 2 aromatic heterocycles. The van der Waals surface area contributed by atoms with Gasteiger partial charge in [0.15, 0.2) is 0 Å². The molecule has 1 atom stereocenters. The van der Waals surface area contributed by atoms with Crippen LogP contribution in [-0.2, 0) is 25.4 Å². The van der Waals surface area contributed by atoms with Crippen molar-refractivity contribution in [1.82, 2.24) is 19.0 Å². The highest BCUT2D eigenvalue weighted by atomic mass is 35.5. The second-order valence-corrected chi connectivity index (χ2v) is 7.47. The first-order chi connectivity index (χ1) is 13.4. The third-order valence-electron chi connectivity index (χ3n) is 5.12. The third-order valence-corrected chi connectivity index (χ3v) is 5.38. The van der Waals surface area contributed by atoms with E-state index in [0.717, 1.165) is 28.4 Å². The Morgan fingerprint density at radius 1 is 1.11 bits per heavy atom. The maximum atomic E-state index is 12.3. The predicted molar refractivity (Wildman–Crippen MR) is 108 cm³/mol. The largest absolute Gasteiger partial charge is 0.369 e. The zero-order chi connectivity index (χ0) is 19.8. The van der Waals surface area contributed by atoms with Crippen molar-refractivity contribution in [2.24, 2.45) is 14.1 Å². The molecule has 0 radical (unpaired) electrons. The highest BCUT2D eigenvalue weighted by molar-refractivity contribution is 6.30. The number of rotatable bonds is 3. The minimum Gasteiger partial charge on any atom is -0.369 e. The molecule has 1 saturated heterocycles. The third kappa shape index (κ3) is 3.48. The number of hydrogen-bond donors (Lipinski definition) is 0. The molecule has 3 heterocycles. The Morgan fingerprint density at radius 3 is 2.61 bits per heavy atom. The lowest BCUT2D eigenvalue weighted by molar-refractivity contribution is -0.0348. The smallest absolute Gasteiger partial charge is 0.332 e. The Bertz CT molecular complexity index is 1140. The first-order valence-corrected chi connectivity index (χ1v) is 9.47. The summed E-state index contributed by atoms with van der Waals surface area (Å²) in [5, 5.41) is 1.14. The molecule has 4 rings (SSSR count). The fourth-order valence-corrected chi connectivity index (χ4v) is 3.65. The molecule has 0 N–H and O–H groups in total. The van der Waals surface area contributed by atoms with Crippen molar-refractivity contribution in [3.05, 3.63) is 73.5 Å². The minimum absolute atomic E-state index is 0.218. The van der Waals surface area contributed by atoms with E-state index in [1.54, 1.807) is 13.1 Å². The van der Waals surface area contributed by atoms with Gasteiger partial charge in [-0.25, -0.2) is 9.78 Å². The van der Waals surface area contributed by atoms with Gasteiger partial charge < -0.3 is 4.74 Å². The summed E-state index contributed by atoms with van der Waals surface area (Å²) in [6.45, 7) is 2.89. The van der Waals surface area contributed by atoms with E-state index in [2.05, 4.69) is 9.88 Å². The van der Waals surface area contributed by atoms with Gasteiger partial charge in [-0.3, -0.25) is 18.8 Å². The summed E-state index contributed by atoms with van der Waals surface area (Å²) >= 11 is 5.96. The van der Waals surface area contributed by atoms with E-state index in [-0.39, 0.29) is 11.7 Å². The lowest BCUT2D eigenvalue weighted by Crippen LogP contribution is -2.39. The summed E-state index contributed by atoms with van der Waals surface area (Å²) in [6.07, 6.45) is -0.218. The number of ether oxygens (including phenoxy) is 1. The molecule has 146 valence electrons. The van der Waals surface area contributed by atoms with E-state index < -0.39 is 5.69 Å². The van der Waals surface area contributed by atoms with E-state index >= 15 is 0 Å². The van der Waals surface area contributed by atoms with Gasteiger partial charge in [0.25, 0.3) is 5.56 Å². The zero-order valence-corrected chi connectivity index (χ0v) is 16.5. The van der Waals surface area contributed by atoms with Crippen molar-refractivity contribution in [3.8, 4) is 0 Å². The molecular weight excluding hydrogens is 380 g/mol. The van der Waals surface area contributed by atoms with Crippen molar-refractivity contribution in [1.29, 1.82) is 0 Å². The molecule has 0 amide bonds. The van der Waals surface area contributed by atoms with Crippen LogP contribution in [0.2, 0.25) is 5.02 Å². The summed E-state index contributed by atoms with van der Waals surface area (Å²) < 4.78 is 8.42. The lowest BCUT2D eigenvalue weighted by atomic mass is 10.1. The Balaban J connectivity index is 1.61. The number of benzene rings is 1. The molecule has 1 fully saturated rings. The fourth-order valence-electron chi connectivity index (χ4n) is 3.52. The van der Waals surface area contributed by atoms with Crippen molar-refractivity contribution in [3.63, 3.8) is 0 Å². The minimum atomic E-state index is -0.393. The molecule has 1 aliphatic rings. The molecule has 1 aromatic carbocycles. The topological polar surface area (TPSA) is 69.4 Å². The highest BCUT2D eigenvalue weighted by Crippen LogP contribution is 2.23. The standard InChI is InChI=1S/C20H21ClN4O3/c1-23-18-15(19(26)24(2)20(23)27)7-8-16(22-18)17-12-25(9-10-28-17)11-13-3-5-14(21)6-4-13/h3-8,17H,9-12H2,1-2H3. The Labute approximate surface area is 166 Å². The van der Waals surface area contributed by atoms with Gasteiger partial charge in [0.1, 0.15) is 11.8 Å². The number of morpholine rings is 1. The number of fused-ring (bicyclic) bond motifs is 1. The van der Waals surface area contributed by atoms with Crippen LogP contribution >= 0.6 is 11.6 Å². The molecule has 28 heavy (non-hydrogen) atoms. The van der Waals surface area contributed by atoms with E-state index in [1.165, 1.54) is 17.2 Å². The first-order valence-electron chi connectivity index (χ1n) is 9.09. The summed E-state index contributed by atoms with van der Waals surface area (Å²) in [5.41, 5.74) is 1.55. The fraction of sp³-hybridized carbons (Fsp3) is 0.350. The monoisotopic (exact) mass is 400 g/mol. The molecular formula is C20H21ClN4O3. The highest BCUT2D eigenvalue weighted by Gasteiger charge is 2.24. The number of aromatic nitrogens is 3. The van der Waals surface area contributed by atoms with Crippen LogP contribution < -0.4 is 11.2 Å². The van der Waals surface area contributed by atoms with E-state index in [0.29, 0.717) is 24.2 Å². The second kappa shape index (κ2) is 7.50. The molecule has 1 aliphatic heterocycles. The van der Waals surface area contributed by atoms with Crippen LogP contribution in [0.15, 0.2) is 46.0 Å². The Kier molecular flexibility index (Phi) is 5.05. The Hall–Kier alpha value is -2.48. The van der Waals surface area contributed by atoms with Crippen molar-refractivity contribution >= 4 is 22.6 Å². The number of nitrogens with zero attached hydrogens (tertiary/aromatic N) is 4. The maximum absolute atomic E-state index is 12.3. The Morgan fingerprint density at radius 2 is 1.86 bits per heavy atom. The van der Waals surface area contributed by atoms with Crippen LogP contribution in [-0.4, -0.2) is 38.7 Å². The molecule has 0 aliphatic carbocycles. The first kappa shape index (κ1) is 18.9.